The van der Waals surface area contributed by atoms with Crippen LogP contribution < -0.4 is 3.71 Å². The number of anilines is 1. The van der Waals surface area contributed by atoms with Crippen molar-refractivity contribution < 1.29 is 8.42 Å². The lowest BCUT2D eigenvalue weighted by Crippen LogP contribution is -2.31. The Morgan fingerprint density at radius 1 is 1.29 bits per heavy atom. The highest BCUT2D eigenvalue weighted by atomic mass is 35.5. The van der Waals surface area contributed by atoms with Gasteiger partial charge in [-0.3, -0.25) is 9.30 Å². The van der Waals surface area contributed by atoms with Crippen LogP contribution in [0, 0.1) is 0 Å². The van der Waals surface area contributed by atoms with Gasteiger partial charge in [-0.05, 0) is 19.1 Å². The van der Waals surface area contributed by atoms with Gasteiger partial charge in [0, 0.05) is 7.05 Å². The smallest absolute Gasteiger partial charge is 0.243 e. The number of alkyl halides is 1. The molecule has 0 radical (unpaired) electrons. The number of aliphatic imine (C=N–C) groups is 1. The first kappa shape index (κ1) is 18.9. The summed E-state index contributed by atoms with van der Waals surface area (Å²) in [5, 5.41) is 0. The van der Waals surface area contributed by atoms with Crippen LogP contribution >= 0.6 is 23.7 Å². The Bertz CT molecular complexity index is 746. The molecule has 0 saturated carbocycles. The molecule has 1 aliphatic rings. The van der Waals surface area contributed by atoms with Crippen LogP contribution in [0.4, 0.5) is 5.69 Å². The van der Waals surface area contributed by atoms with E-state index in [4.69, 9.17) is 11.6 Å². The molecule has 0 fully saturated rings. The molecule has 1 aromatic rings. The summed E-state index contributed by atoms with van der Waals surface area (Å²) in [7, 11) is -1.70. The number of para-hydroxylation sites is 1. The predicted octanol–water partition coefficient (Wildman–Crippen LogP) is 3.47. The molecule has 0 saturated heterocycles. The second kappa shape index (κ2) is 7.63. The minimum Gasteiger partial charge on any atom is -0.291 e. The summed E-state index contributed by atoms with van der Waals surface area (Å²) >= 11 is 7.45. The van der Waals surface area contributed by atoms with Crippen LogP contribution in [-0.2, 0) is 10.0 Å². The highest BCUT2D eigenvalue weighted by molar-refractivity contribution is 8.13. The van der Waals surface area contributed by atoms with Gasteiger partial charge in [0.2, 0.25) is 10.0 Å². The molecule has 2 atom stereocenters. The first-order chi connectivity index (χ1) is 11.2. The van der Waals surface area contributed by atoms with E-state index in [1.54, 1.807) is 42.0 Å². The van der Waals surface area contributed by atoms with E-state index in [0.717, 1.165) is 12.1 Å². The lowest BCUT2D eigenvalue weighted by Gasteiger charge is -2.27. The van der Waals surface area contributed by atoms with Gasteiger partial charge in [0.05, 0.1) is 41.3 Å². The van der Waals surface area contributed by atoms with Crippen LogP contribution in [0.15, 0.2) is 59.6 Å². The van der Waals surface area contributed by atoms with Crippen molar-refractivity contribution in [2.24, 2.45) is 4.99 Å². The number of halogens is 1. The maximum absolute atomic E-state index is 12.1. The van der Waals surface area contributed by atoms with Gasteiger partial charge in [-0.1, -0.05) is 42.5 Å². The summed E-state index contributed by atoms with van der Waals surface area (Å²) in [6.45, 7) is 1.89. The SMILES string of the molecule is CN(C=NC1C=CC=CC1(C)Cl)SN(c1ccccc1)S(C)(=O)=O. The highest BCUT2D eigenvalue weighted by Gasteiger charge is 2.28. The Balaban J connectivity index is 2.11. The first-order valence-corrected chi connectivity index (χ1v) is 10.2. The molecule has 0 spiro atoms. The topological polar surface area (TPSA) is 53.0 Å². The molecule has 1 aliphatic carbocycles. The lowest BCUT2D eigenvalue weighted by molar-refractivity contribution is 0.603. The maximum Gasteiger partial charge on any atom is 0.243 e. The Labute approximate surface area is 153 Å². The number of rotatable bonds is 6. The standard InChI is InChI=1S/C16H20ClN3O2S2/c1-16(17)12-8-7-11-15(16)18-13-19(2)23-20(24(3,21)22)14-9-5-4-6-10-14/h4-13,15H,1-3H3. The van der Waals surface area contributed by atoms with Crippen molar-refractivity contribution in [1.29, 1.82) is 0 Å². The summed E-state index contributed by atoms with van der Waals surface area (Å²) in [4.78, 5) is 3.86. The van der Waals surface area contributed by atoms with Gasteiger partial charge in [-0.15, -0.1) is 11.6 Å². The largest absolute Gasteiger partial charge is 0.291 e. The Morgan fingerprint density at radius 2 is 1.96 bits per heavy atom. The van der Waals surface area contributed by atoms with Crippen LogP contribution in [0.2, 0.25) is 0 Å². The monoisotopic (exact) mass is 385 g/mol. The van der Waals surface area contributed by atoms with E-state index in [0.29, 0.717) is 5.69 Å². The van der Waals surface area contributed by atoms with E-state index < -0.39 is 14.9 Å². The summed E-state index contributed by atoms with van der Waals surface area (Å²) < 4.78 is 27.0. The van der Waals surface area contributed by atoms with Gasteiger partial charge in [-0.2, -0.15) is 3.71 Å². The average Bonchev–Trinajstić information content (AvgIpc) is 2.51. The molecule has 1 aromatic carbocycles. The Kier molecular flexibility index (Phi) is 6.01. The Morgan fingerprint density at radius 3 is 2.54 bits per heavy atom. The molecule has 8 heteroatoms. The molecular weight excluding hydrogens is 366 g/mol. The normalized spacial score (nSPS) is 23.6. The second-order valence-electron chi connectivity index (χ2n) is 5.56. The van der Waals surface area contributed by atoms with Crippen molar-refractivity contribution >= 4 is 45.8 Å². The van der Waals surface area contributed by atoms with Crippen molar-refractivity contribution in [3.63, 3.8) is 0 Å². The lowest BCUT2D eigenvalue weighted by atomic mass is 9.97. The number of nitrogens with zero attached hydrogens (tertiary/aromatic N) is 3. The molecule has 0 heterocycles. The van der Waals surface area contributed by atoms with Crippen LogP contribution in [0.5, 0.6) is 0 Å². The van der Waals surface area contributed by atoms with E-state index in [9.17, 15) is 8.42 Å². The minimum atomic E-state index is -3.44. The summed E-state index contributed by atoms with van der Waals surface area (Å²) in [5.74, 6) is 0. The quantitative estimate of drug-likeness (QED) is 0.325. The molecule has 130 valence electrons. The fraction of sp³-hybridized carbons (Fsp3) is 0.312. The number of sulfonamides is 1. The molecular formula is C16H20ClN3O2S2. The molecule has 2 rings (SSSR count). The summed E-state index contributed by atoms with van der Waals surface area (Å²) in [6.07, 6.45) is 10.3. The van der Waals surface area contributed by atoms with Crippen molar-refractivity contribution in [2.45, 2.75) is 17.8 Å². The third-order valence-electron chi connectivity index (χ3n) is 3.27. The fourth-order valence-electron chi connectivity index (χ4n) is 2.05. The zero-order valence-electron chi connectivity index (χ0n) is 13.7. The maximum atomic E-state index is 12.1. The molecule has 5 nitrogen and oxygen atoms in total. The van der Waals surface area contributed by atoms with E-state index in [1.165, 1.54) is 9.97 Å². The average molecular weight is 386 g/mol. The van der Waals surface area contributed by atoms with Gasteiger partial charge in [0.1, 0.15) is 0 Å². The van der Waals surface area contributed by atoms with Gasteiger partial charge < -0.3 is 0 Å². The summed E-state index contributed by atoms with van der Waals surface area (Å²) in [6, 6.07) is 8.69. The van der Waals surface area contributed by atoms with E-state index >= 15 is 0 Å². The van der Waals surface area contributed by atoms with E-state index in [2.05, 4.69) is 4.99 Å². The zero-order chi connectivity index (χ0) is 17.8. The molecule has 0 amide bonds. The number of hydrogen-bond donors (Lipinski definition) is 0. The second-order valence-corrected chi connectivity index (χ2v) is 9.54. The number of benzene rings is 1. The zero-order valence-corrected chi connectivity index (χ0v) is 16.1. The highest BCUT2D eigenvalue weighted by Crippen LogP contribution is 2.29. The van der Waals surface area contributed by atoms with Crippen molar-refractivity contribution in [1.82, 2.24) is 4.31 Å². The van der Waals surface area contributed by atoms with E-state index in [-0.39, 0.29) is 6.04 Å². The number of hydrogen-bond acceptors (Lipinski definition) is 4. The molecule has 0 bridgehead atoms. The van der Waals surface area contributed by atoms with Crippen molar-refractivity contribution in [3.8, 4) is 0 Å². The van der Waals surface area contributed by atoms with Crippen LogP contribution in [0.3, 0.4) is 0 Å². The fourth-order valence-corrected chi connectivity index (χ4v) is 4.10. The molecule has 0 N–H and O–H groups in total. The van der Waals surface area contributed by atoms with Crippen LogP contribution in [0.25, 0.3) is 0 Å². The minimum absolute atomic E-state index is 0.212. The van der Waals surface area contributed by atoms with Crippen LogP contribution in [-0.4, -0.2) is 43.3 Å². The summed E-state index contributed by atoms with van der Waals surface area (Å²) in [5.41, 5.74) is 0.577. The third kappa shape index (κ3) is 5.03. The third-order valence-corrected chi connectivity index (χ3v) is 6.15. The molecule has 0 aromatic heterocycles. The molecule has 2 unspecified atom stereocenters. The first-order valence-electron chi connectivity index (χ1n) is 7.25. The van der Waals surface area contributed by atoms with Gasteiger partial charge in [0.15, 0.2) is 0 Å². The van der Waals surface area contributed by atoms with Crippen molar-refractivity contribution in [2.75, 3.05) is 17.0 Å². The Hall–Kier alpha value is -1.44. The predicted molar refractivity (Wildman–Crippen MR) is 104 cm³/mol. The molecule has 0 aliphatic heterocycles. The van der Waals surface area contributed by atoms with Crippen molar-refractivity contribution in [3.05, 3.63) is 54.6 Å². The van der Waals surface area contributed by atoms with Gasteiger partial charge in [0.25, 0.3) is 0 Å². The molecule has 24 heavy (non-hydrogen) atoms. The number of allylic oxidation sites excluding steroid dienone is 2. The van der Waals surface area contributed by atoms with Gasteiger partial charge >= 0.3 is 0 Å². The van der Waals surface area contributed by atoms with Crippen LogP contribution in [0.1, 0.15) is 6.92 Å². The van der Waals surface area contributed by atoms with E-state index in [1.807, 2.05) is 37.3 Å². The van der Waals surface area contributed by atoms with Gasteiger partial charge in [-0.25, -0.2) is 8.42 Å².